The van der Waals surface area contributed by atoms with Gasteiger partial charge in [-0.3, -0.25) is 4.90 Å². The van der Waals surface area contributed by atoms with Gasteiger partial charge in [-0.05, 0) is 31.0 Å². The van der Waals surface area contributed by atoms with Gasteiger partial charge in [0.1, 0.15) is 23.4 Å². The molecule has 2 aliphatic rings. The van der Waals surface area contributed by atoms with E-state index in [2.05, 4.69) is 30.6 Å². The summed E-state index contributed by atoms with van der Waals surface area (Å²) in [4.78, 5) is 6.53. The van der Waals surface area contributed by atoms with E-state index in [1.54, 1.807) is 18.2 Å². The number of aromatic nitrogens is 6. The molecule has 4 aromatic rings. The average Bonchev–Trinajstić information content (AvgIpc) is 3.38. The number of methoxy groups -OCH3 is 1. The molecule has 2 saturated heterocycles. The molecule has 0 saturated carbocycles. The Kier molecular flexibility index (Phi) is 6.11. The first-order valence-corrected chi connectivity index (χ1v) is 12.2. The number of benzene rings is 1. The Morgan fingerprint density at radius 3 is 2.84 bits per heavy atom. The van der Waals surface area contributed by atoms with Gasteiger partial charge in [0.25, 0.3) is 0 Å². The van der Waals surface area contributed by atoms with Crippen LogP contribution in [0.15, 0.2) is 24.4 Å². The van der Waals surface area contributed by atoms with Gasteiger partial charge in [-0.2, -0.15) is 4.98 Å². The van der Waals surface area contributed by atoms with Crippen LogP contribution in [0.1, 0.15) is 13.3 Å². The number of halogens is 3. The molecular weight excluding hydrogens is 489 g/mol. The first-order valence-electron chi connectivity index (χ1n) is 12.2. The van der Waals surface area contributed by atoms with Crippen LogP contribution in [0.25, 0.3) is 27.7 Å². The lowest BCUT2D eigenvalue weighted by Gasteiger charge is -2.42. The summed E-state index contributed by atoms with van der Waals surface area (Å²) in [5.74, 6) is -0.255. The maximum absolute atomic E-state index is 15.3. The summed E-state index contributed by atoms with van der Waals surface area (Å²) in [6.45, 7) is 3.80. The highest BCUT2D eigenvalue weighted by molar-refractivity contribution is 5.89. The fraction of sp³-hybridized carbons (Fsp3) is 0.500. The summed E-state index contributed by atoms with van der Waals surface area (Å²) in [5.41, 5.74) is 2.21. The van der Waals surface area contributed by atoms with Gasteiger partial charge in [0.2, 0.25) is 11.8 Å². The minimum atomic E-state index is -1.12. The third-order valence-electron chi connectivity index (χ3n) is 7.00. The van der Waals surface area contributed by atoms with Crippen LogP contribution in [0.3, 0.4) is 0 Å². The molecule has 3 aromatic heterocycles. The Labute approximate surface area is 210 Å². The van der Waals surface area contributed by atoms with Crippen molar-refractivity contribution < 1.29 is 22.6 Å². The highest BCUT2D eigenvalue weighted by atomic mass is 19.1. The number of nitrogens with zero attached hydrogens (tertiary/aromatic N) is 7. The molecule has 196 valence electrons. The summed E-state index contributed by atoms with van der Waals surface area (Å²) < 4.78 is 57.4. The van der Waals surface area contributed by atoms with Crippen LogP contribution >= 0.6 is 0 Å². The number of piperidine rings is 1. The Balaban J connectivity index is 1.32. The van der Waals surface area contributed by atoms with Crippen LogP contribution in [0, 0.1) is 5.82 Å². The Morgan fingerprint density at radius 1 is 1.30 bits per heavy atom. The number of alkyl halides is 2. The molecule has 0 unspecified atom stereocenters. The molecule has 1 N–H and O–H groups in total. The van der Waals surface area contributed by atoms with Crippen molar-refractivity contribution >= 4 is 22.5 Å². The highest BCUT2D eigenvalue weighted by Gasteiger charge is 2.36. The number of anilines is 1. The first kappa shape index (κ1) is 23.9. The van der Waals surface area contributed by atoms with Gasteiger partial charge in [-0.1, -0.05) is 11.3 Å². The van der Waals surface area contributed by atoms with Crippen molar-refractivity contribution in [3.63, 3.8) is 0 Å². The van der Waals surface area contributed by atoms with Gasteiger partial charge in [-0.15, -0.1) is 10.2 Å². The van der Waals surface area contributed by atoms with E-state index in [4.69, 9.17) is 9.47 Å². The number of hydrogen-bond donors (Lipinski definition) is 1. The molecule has 5 heterocycles. The zero-order valence-corrected chi connectivity index (χ0v) is 20.4. The third-order valence-corrected chi connectivity index (χ3v) is 7.00. The van der Waals surface area contributed by atoms with E-state index in [1.165, 1.54) is 29.4 Å². The summed E-state index contributed by atoms with van der Waals surface area (Å²) in [6, 6.07) is 4.91. The molecule has 0 radical (unpaired) electrons. The van der Waals surface area contributed by atoms with Crippen LogP contribution in [0.2, 0.25) is 0 Å². The largest absolute Gasteiger partial charge is 0.479 e. The lowest BCUT2D eigenvalue weighted by atomic mass is 10.0. The average molecular weight is 517 g/mol. The van der Waals surface area contributed by atoms with Crippen molar-refractivity contribution in [2.24, 2.45) is 0 Å². The van der Waals surface area contributed by atoms with E-state index in [0.29, 0.717) is 48.3 Å². The number of likely N-dealkylation sites (tertiary alicyclic amines) is 1. The normalized spacial score (nSPS) is 21.9. The van der Waals surface area contributed by atoms with Crippen molar-refractivity contribution in [1.29, 1.82) is 0 Å². The standard InChI is InChI=1S/C24H27F3N8O2/c1-13(25)8-34-20-7-14(3-4-19(20)30-32-34)21-17(27)10-35-22(21)23(36-2)29-24(31-35)28-18-5-6-33(9-16(18)26)15-11-37-12-15/h3-4,7,10,13,15-16,18H,5-6,8-9,11-12H2,1-2H3,(H,28,31)/t13-,16-,18-/m0/s1. The molecule has 2 aliphatic heterocycles. The van der Waals surface area contributed by atoms with Gasteiger partial charge < -0.3 is 14.8 Å². The van der Waals surface area contributed by atoms with Gasteiger partial charge in [0.05, 0.1) is 56.2 Å². The van der Waals surface area contributed by atoms with Crippen molar-refractivity contribution in [1.82, 2.24) is 34.5 Å². The summed E-state index contributed by atoms with van der Waals surface area (Å²) >= 11 is 0. The van der Waals surface area contributed by atoms with E-state index in [-0.39, 0.29) is 30.0 Å². The van der Waals surface area contributed by atoms with Crippen LogP contribution in [-0.4, -0.2) is 92.3 Å². The number of rotatable bonds is 7. The second kappa shape index (κ2) is 9.45. The summed E-state index contributed by atoms with van der Waals surface area (Å²) in [6.07, 6.45) is -0.432. The molecule has 1 aromatic carbocycles. The van der Waals surface area contributed by atoms with Gasteiger partial charge in [-0.25, -0.2) is 22.4 Å². The predicted octanol–water partition coefficient (Wildman–Crippen LogP) is 2.87. The van der Waals surface area contributed by atoms with Crippen molar-refractivity contribution in [3.05, 3.63) is 30.2 Å². The number of nitrogens with one attached hydrogen (secondary N) is 1. The maximum Gasteiger partial charge on any atom is 0.244 e. The third kappa shape index (κ3) is 4.35. The van der Waals surface area contributed by atoms with E-state index < -0.39 is 24.2 Å². The Hall–Kier alpha value is -3.45. The lowest BCUT2D eigenvalue weighted by molar-refractivity contribution is -0.0794. The molecule has 37 heavy (non-hydrogen) atoms. The SMILES string of the molecule is COc1nc(N[C@H]2CCN(C3COC3)C[C@@H]2F)nn2cc(F)c(-c3ccc4nnn(C[C@H](C)F)c4c3)c12. The van der Waals surface area contributed by atoms with Crippen molar-refractivity contribution in [2.75, 3.05) is 38.7 Å². The number of fused-ring (bicyclic) bond motifs is 2. The Morgan fingerprint density at radius 2 is 2.14 bits per heavy atom. The minimum Gasteiger partial charge on any atom is -0.479 e. The number of ether oxygens (including phenoxy) is 2. The molecule has 0 aliphatic carbocycles. The highest BCUT2D eigenvalue weighted by Crippen LogP contribution is 2.35. The smallest absolute Gasteiger partial charge is 0.244 e. The van der Waals surface area contributed by atoms with Gasteiger partial charge >= 0.3 is 0 Å². The molecule has 0 spiro atoms. The molecule has 6 rings (SSSR count). The fourth-order valence-electron chi connectivity index (χ4n) is 5.02. The van der Waals surface area contributed by atoms with E-state index in [0.717, 1.165) is 6.54 Å². The quantitative estimate of drug-likeness (QED) is 0.401. The van der Waals surface area contributed by atoms with E-state index in [9.17, 15) is 8.78 Å². The minimum absolute atomic E-state index is 0.0311. The van der Waals surface area contributed by atoms with Crippen LogP contribution in [0.4, 0.5) is 19.1 Å². The predicted molar refractivity (Wildman–Crippen MR) is 130 cm³/mol. The van der Waals surface area contributed by atoms with Gasteiger partial charge in [0.15, 0.2) is 5.82 Å². The van der Waals surface area contributed by atoms with E-state index in [1.807, 2.05) is 0 Å². The van der Waals surface area contributed by atoms with E-state index >= 15 is 4.39 Å². The van der Waals surface area contributed by atoms with Crippen molar-refractivity contribution in [2.45, 2.75) is 44.3 Å². The second-order valence-corrected chi connectivity index (χ2v) is 9.59. The Bertz CT molecular complexity index is 1440. The second-order valence-electron chi connectivity index (χ2n) is 9.59. The molecule has 0 bridgehead atoms. The zero-order chi connectivity index (χ0) is 25.7. The van der Waals surface area contributed by atoms with Crippen molar-refractivity contribution in [3.8, 4) is 17.0 Å². The fourth-order valence-corrected chi connectivity index (χ4v) is 5.02. The molecule has 3 atom stereocenters. The summed E-state index contributed by atoms with van der Waals surface area (Å²) in [5, 5.41) is 15.5. The lowest BCUT2D eigenvalue weighted by Crippen LogP contribution is -2.57. The van der Waals surface area contributed by atoms with Gasteiger partial charge in [0, 0.05) is 13.1 Å². The summed E-state index contributed by atoms with van der Waals surface area (Å²) in [7, 11) is 1.43. The van der Waals surface area contributed by atoms with Crippen LogP contribution in [-0.2, 0) is 11.3 Å². The topological polar surface area (TPSA) is 94.6 Å². The maximum atomic E-state index is 15.3. The molecular formula is C24H27F3N8O2. The van der Waals surface area contributed by atoms with Crippen LogP contribution < -0.4 is 10.1 Å². The molecule has 13 heteroatoms. The first-order chi connectivity index (χ1) is 17.9. The van der Waals surface area contributed by atoms with Crippen LogP contribution in [0.5, 0.6) is 5.88 Å². The monoisotopic (exact) mass is 516 g/mol. The molecule has 10 nitrogen and oxygen atoms in total. The number of hydrogen-bond acceptors (Lipinski definition) is 8. The molecule has 0 amide bonds. The zero-order valence-electron chi connectivity index (χ0n) is 20.4. The molecule has 2 fully saturated rings.